The molecule has 2 aromatic carbocycles. The first-order valence-corrected chi connectivity index (χ1v) is 14.0. The lowest BCUT2D eigenvalue weighted by Crippen LogP contribution is -2.42. The number of amides is 2. The predicted octanol–water partition coefficient (Wildman–Crippen LogP) is 4.91. The minimum absolute atomic E-state index is 0.0320. The number of hydrogen-bond acceptors (Lipinski definition) is 5. The van der Waals surface area contributed by atoms with E-state index in [0.29, 0.717) is 11.3 Å². The highest BCUT2D eigenvalue weighted by atomic mass is 16.2. The van der Waals surface area contributed by atoms with Crippen LogP contribution in [0.3, 0.4) is 0 Å². The van der Waals surface area contributed by atoms with Crippen LogP contribution < -0.4 is 10.2 Å². The third-order valence-electron chi connectivity index (χ3n) is 7.60. The van der Waals surface area contributed by atoms with E-state index in [0.717, 1.165) is 61.8 Å². The number of anilines is 2. The third kappa shape index (κ3) is 6.09. The van der Waals surface area contributed by atoms with Gasteiger partial charge in [-0.2, -0.15) is 5.10 Å². The first-order valence-electron chi connectivity index (χ1n) is 14.0. The number of rotatable bonds is 9. The average molecular weight is 541 g/mol. The van der Waals surface area contributed by atoms with Gasteiger partial charge in [0.25, 0.3) is 11.8 Å². The number of fused-ring (bicyclic) bond motifs is 1. The Labute approximate surface area is 234 Å². The number of para-hydroxylation sites is 1. The lowest BCUT2D eigenvalue weighted by Gasteiger charge is -2.35. The summed E-state index contributed by atoms with van der Waals surface area (Å²) in [7, 11) is 1.90. The molecule has 1 fully saturated rings. The highest BCUT2D eigenvalue weighted by Crippen LogP contribution is 2.28. The van der Waals surface area contributed by atoms with Gasteiger partial charge in [0, 0.05) is 74.1 Å². The van der Waals surface area contributed by atoms with Gasteiger partial charge in [-0.25, -0.2) is 0 Å². The van der Waals surface area contributed by atoms with Crippen molar-refractivity contribution in [1.29, 1.82) is 0 Å². The van der Waals surface area contributed by atoms with Crippen molar-refractivity contribution in [3.63, 3.8) is 0 Å². The van der Waals surface area contributed by atoms with E-state index in [2.05, 4.69) is 22.2 Å². The minimum Gasteiger partial charge on any atom is -0.371 e. The molecule has 2 amide bonds. The first-order chi connectivity index (χ1) is 19.4. The van der Waals surface area contributed by atoms with Crippen molar-refractivity contribution in [2.45, 2.75) is 39.2 Å². The molecular formula is C31H36N6O3. The maximum absolute atomic E-state index is 13.4. The van der Waals surface area contributed by atoms with Gasteiger partial charge >= 0.3 is 0 Å². The van der Waals surface area contributed by atoms with E-state index in [1.165, 1.54) is 0 Å². The van der Waals surface area contributed by atoms with Crippen LogP contribution in [0.1, 0.15) is 47.8 Å². The van der Waals surface area contributed by atoms with Crippen LogP contribution in [-0.4, -0.2) is 63.7 Å². The van der Waals surface area contributed by atoms with E-state index >= 15 is 0 Å². The molecule has 1 aliphatic heterocycles. The van der Waals surface area contributed by atoms with Gasteiger partial charge in [-0.05, 0) is 55.0 Å². The Balaban J connectivity index is 1.24. The summed E-state index contributed by atoms with van der Waals surface area (Å²) >= 11 is 0. The number of unbranched alkanes of at least 4 members (excludes halogenated alkanes) is 1. The van der Waals surface area contributed by atoms with Crippen LogP contribution in [-0.2, 0) is 11.3 Å². The summed E-state index contributed by atoms with van der Waals surface area (Å²) in [6.07, 6.45) is 10.6. The molecule has 2 aromatic heterocycles. The van der Waals surface area contributed by atoms with E-state index in [4.69, 9.17) is 0 Å². The molecule has 0 saturated carbocycles. The van der Waals surface area contributed by atoms with Crippen LogP contribution in [0.25, 0.3) is 10.8 Å². The highest BCUT2D eigenvalue weighted by Gasteiger charge is 2.28. The molecule has 208 valence electrons. The second-order valence-corrected chi connectivity index (χ2v) is 10.5. The van der Waals surface area contributed by atoms with Crippen LogP contribution in [0.4, 0.5) is 11.4 Å². The number of carbonyl (C=O) groups excluding carboxylic acids is 3. The summed E-state index contributed by atoms with van der Waals surface area (Å²) in [5.41, 5.74) is 2.13. The van der Waals surface area contributed by atoms with Crippen molar-refractivity contribution in [3.8, 4) is 0 Å². The molecule has 9 heteroatoms. The normalized spacial score (nSPS) is 13.9. The zero-order valence-electron chi connectivity index (χ0n) is 23.1. The number of carbonyl (C=O) groups is 3. The van der Waals surface area contributed by atoms with Gasteiger partial charge in [-0.1, -0.05) is 31.5 Å². The molecule has 0 radical (unpaired) electrons. The predicted molar refractivity (Wildman–Crippen MR) is 157 cm³/mol. The molecule has 0 spiro atoms. The van der Waals surface area contributed by atoms with Gasteiger partial charge in [0.2, 0.25) is 5.91 Å². The number of nitrogens with one attached hydrogen (secondary N) is 1. The molecule has 3 heterocycles. The van der Waals surface area contributed by atoms with Gasteiger partial charge < -0.3 is 15.1 Å². The van der Waals surface area contributed by atoms with Crippen molar-refractivity contribution >= 4 is 39.9 Å². The molecule has 0 bridgehead atoms. The molecule has 1 saturated heterocycles. The summed E-state index contributed by atoms with van der Waals surface area (Å²) in [6, 6.07) is 15.0. The van der Waals surface area contributed by atoms with Crippen molar-refractivity contribution in [2.75, 3.05) is 36.9 Å². The van der Waals surface area contributed by atoms with E-state index in [1.807, 2.05) is 54.4 Å². The van der Waals surface area contributed by atoms with Gasteiger partial charge in [0.15, 0.2) is 0 Å². The zero-order chi connectivity index (χ0) is 28.1. The fourth-order valence-corrected chi connectivity index (χ4v) is 5.30. The molecule has 40 heavy (non-hydrogen) atoms. The molecule has 0 atom stereocenters. The van der Waals surface area contributed by atoms with E-state index in [9.17, 15) is 14.4 Å². The van der Waals surface area contributed by atoms with Crippen molar-refractivity contribution < 1.29 is 14.4 Å². The Morgan fingerprint density at radius 1 is 1.02 bits per heavy atom. The van der Waals surface area contributed by atoms with E-state index in [-0.39, 0.29) is 30.2 Å². The van der Waals surface area contributed by atoms with Gasteiger partial charge in [-0.15, -0.1) is 0 Å². The van der Waals surface area contributed by atoms with Crippen molar-refractivity contribution in [3.05, 3.63) is 78.9 Å². The summed E-state index contributed by atoms with van der Waals surface area (Å²) in [5, 5.41) is 8.89. The Kier molecular flexibility index (Phi) is 8.28. The second-order valence-electron chi connectivity index (χ2n) is 10.5. The molecule has 0 unspecified atom stereocenters. The third-order valence-corrected chi connectivity index (χ3v) is 7.60. The van der Waals surface area contributed by atoms with Gasteiger partial charge in [-0.3, -0.25) is 23.6 Å². The quantitative estimate of drug-likeness (QED) is 0.326. The minimum atomic E-state index is -0.193. The number of piperidine rings is 1. The zero-order valence-corrected chi connectivity index (χ0v) is 23.1. The molecule has 0 aliphatic carbocycles. The standard InChI is InChI=1S/C31H36N6O3/c1-3-4-15-34(2)31(40)23-12-17-35(18-13-23)28-9-6-5-8-27(28)30(39)33-26-11-10-24-20-36(21-25(24)19-26)29(38)22-37-16-7-14-32-37/h5-11,14,16,19-21,23H,3-4,12-13,15,17-18,22H2,1-2H3,(H,33,39). The van der Waals surface area contributed by atoms with Crippen LogP contribution >= 0.6 is 0 Å². The van der Waals surface area contributed by atoms with Crippen molar-refractivity contribution in [2.24, 2.45) is 5.92 Å². The fraction of sp³-hybridized carbons (Fsp3) is 0.355. The number of aromatic nitrogens is 3. The monoisotopic (exact) mass is 540 g/mol. The first kappa shape index (κ1) is 27.2. The van der Waals surface area contributed by atoms with Crippen LogP contribution in [0, 0.1) is 5.92 Å². The Morgan fingerprint density at radius 3 is 2.55 bits per heavy atom. The number of benzene rings is 2. The van der Waals surface area contributed by atoms with Gasteiger partial charge in [0.1, 0.15) is 6.54 Å². The van der Waals surface area contributed by atoms with Crippen LogP contribution in [0.5, 0.6) is 0 Å². The molecule has 1 aliphatic rings. The molecule has 9 nitrogen and oxygen atoms in total. The second kappa shape index (κ2) is 12.2. The average Bonchev–Trinajstić information content (AvgIpc) is 3.65. The topological polar surface area (TPSA) is 92.5 Å². The summed E-state index contributed by atoms with van der Waals surface area (Å²) < 4.78 is 3.14. The SMILES string of the molecule is CCCCN(C)C(=O)C1CCN(c2ccccc2C(=O)Nc2ccc3cn(C(=O)Cn4cccn4)cc3c2)CC1. The summed E-state index contributed by atoms with van der Waals surface area (Å²) in [4.78, 5) is 43.0. The number of hydrogen-bond donors (Lipinski definition) is 1. The molecule has 1 N–H and O–H groups in total. The Hall–Kier alpha value is -4.40. The molecule has 5 rings (SSSR count). The highest BCUT2D eigenvalue weighted by molar-refractivity contribution is 6.09. The smallest absolute Gasteiger partial charge is 0.257 e. The largest absolute Gasteiger partial charge is 0.371 e. The molecular weight excluding hydrogens is 504 g/mol. The Bertz CT molecular complexity index is 1480. The maximum atomic E-state index is 13.4. The van der Waals surface area contributed by atoms with Crippen LogP contribution in [0.2, 0.25) is 0 Å². The van der Waals surface area contributed by atoms with Crippen molar-refractivity contribution in [1.82, 2.24) is 19.2 Å². The lowest BCUT2D eigenvalue weighted by atomic mass is 9.94. The van der Waals surface area contributed by atoms with Gasteiger partial charge in [0.05, 0.1) is 5.56 Å². The number of nitrogens with zero attached hydrogens (tertiary/aromatic N) is 5. The summed E-state index contributed by atoms with van der Waals surface area (Å²) in [6.45, 7) is 4.54. The maximum Gasteiger partial charge on any atom is 0.257 e. The van der Waals surface area contributed by atoms with Crippen LogP contribution in [0.15, 0.2) is 73.3 Å². The lowest BCUT2D eigenvalue weighted by molar-refractivity contribution is -0.134. The van der Waals surface area contributed by atoms with E-state index < -0.39 is 0 Å². The van der Waals surface area contributed by atoms with E-state index in [1.54, 1.807) is 40.1 Å². The fourth-order valence-electron chi connectivity index (χ4n) is 5.30. The Morgan fingerprint density at radius 2 is 1.80 bits per heavy atom. The molecule has 4 aromatic rings. The summed E-state index contributed by atoms with van der Waals surface area (Å²) in [5.74, 6) is -0.0323.